The predicted octanol–water partition coefficient (Wildman–Crippen LogP) is 3.15. The molecule has 3 aromatic rings. The summed E-state index contributed by atoms with van der Waals surface area (Å²) in [6.45, 7) is 0. The highest BCUT2D eigenvalue weighted by Crippen LogP contribution is 2.30. The van der Waals surface area contributed by atoms with E-state index in [1.54, 1.807) is 19.5 Å². The van der Waals surface area contributed by atoms with Gasteiger partial charge in [-0.05, 0) is 42.0 Å². The summed E-state index contributed by atoms with van der Waals surface area (Å²) in [4.78, 5) is 4.03. The Hall–Kier alpha value is -2.62. The molecule has 0 amide bonds. The van der Waals surface area contributed by atoms with Crippen LogP contribution in [0.2, 0.25) is 0 Å². The molecule has 4 nitrogen and oxygen atoms in total. The van der Waals surface area contributed by atoms with Crippen molar-refractivity contribution in [3.05, 3.63) is 55.0 Å². The van der Waals surface area contributed by atoms with Crippen LogP contribution in [0.4, 0.5) is 0 Å². The molecule has 0 fully saturated rings. The number of nitrogens with zero attached hydrogens (tertiary/aromatic N) is 2. The lowest BCUT2D eigenvalue weighted by Gasteiger charge is -2.04. The van der Waals surface area contributed by atoms with Gasteiger partial charge in [-0.3, -0.25) is 10.1 Å². The molecule has 19 heavy (non-hydrogen) atoms. The lowest BCUT2D eigenvalue weighted by Crippen LogP contribution is -1.85. The highest BCUT2D eigenvalue weighted by Gasteiger charge is 2.09. The summed E-state index contributed by atoms with van der Waals surface area (Å²) in [7, 11) is 1.66. The van der Waals surface area contributed by atoms with Crippen molar-refractivity contribution >= 4 is 0 Å². The van der Waals surface area contributed by atoms with Crippen molar-refractivity contribution < 1.29 is 4.74 Å². The molecule has 0 aliphatic carbocycles. The minimum absolute atomic E-state index is 0.841. The highest BCUT2D eigenvalue weighted by atomic mass is 16.5. The van der Waals surface area contributed by atoms with Crippen LogP contribution in [-0.4, -0.2) is 22.3 Å². The maximum Gasteiger partial charge on any atom is 0.118 e. The van der Waals surface area contributed by atoms with E-state index in [0.29, 0.717) is 0 Å². The number of nitrogens with one attached hydrogen (secondary N) is 1. The summed E-state index contributed by atoms with van der Waals surface area (Å²) in [6.07, 6.45) is 5.38. The lowest BCUT2D eigenvalue weighted by atomic mass is 10.0. The van der Waals surface area contributed by atoms with Crippen molar-refractivity contribution in [2.75, 3.05) is 7.11 Å². The molecule has 0 bridgehead atoms. The second-order valence-corrected chi connectivity index (χ2v) is 4.12. The zero-order valence-electron chi connectivity index (χ0n) is 10.5. The van der Waals surface area contributed by atoms with Crippen LogP contribution in [0.15, 0.2) is 55.0 Å². The molecule has 0 unspecified atom stereocenters. The third-order valence-electron chi connectivity index (χ3n) is 3.01. The standard InChI is InChI=1S/C15H13N3O/c1-19-13-4-2-12(3-5-13)15-14(10-17-18-15)11-6-8-16-9-7-11/h2-10H,1H3,(H,17,18). The summed E-state index contributed by atoms with van der Waals surface area (Å²) in [5, 5.41) is 7.19. The van der Waals surface area contributed by atoms with E-state index >= 15 is 0 Å². The van der Waals surface area contributed by atoms with Gasteiger partial charge in [0.05, 0.1) is 19.0 Å². The molecule has 0 saturated heterocycles. The van der Waals surface area contributed by atoms with Gasteiger partial charge in [-0.25, -0.2) is 0 Å². The molecule has 0 spiro atoms. The third kappa shape index (κ3) is 2.20. The molecular weight excluding hydrogens is 238 g/mol. The number of hydrogen-bond acceptors (Lipinski definition) is 3. The first-order valence-electron chi connectivity index (χ1n) is 5.96. The molecule has 1 N–H and O–H groups in total. The Labute approximate surface area is 111 Å². The van der Waals surface area contributed by atoms with Crippen LogP contribution >= 0.6 is 0 Å². The average molecular weight is 251 g/mol. The smallest absolute Gasteiger partial charge is 0.118 e. The fraction of sp³-hybridized carbons (Fsp3) is 0.0667. The minimum atomic E-state index is 0.841. The van der Waals surface area contributed by atoms with Gasteiger partial charge in [-0.1, -0.05) is 0 Å². The van der Waals surface area contributed by atoms with Gasteiger partial charge in [0, 0.05) is 23.5 Å². The SMILES string of the molecule is COc1ccc(-c2[nH]ncc2-c2ccncc2)cc1. The third-order valence-corrected chi connectivity index (χ3v) is 3.01. The quantitative estimate of drug-likeness (QED) is 0.778. The van der Waals surface area contributed by atoms with Crippen LogP contribution in [0, 0.1) is 0 Å². The number of ether oxygens (including phenoxy) is 1. The minimum Gasteiger partial charge on any atom is -0.497 e. The summed E-state index contributed by atoms with van der Waals surface area (Å²) in [5.41, 5.74) is 4.22. The summed E-state index contributed by atoms with van der Waals surface area (Å²) in [6, 6.07) is 11.8. The van der Waals surface area contributed by atoms with Crippen LogP contribution in [-0.2, 0) is 0 Å². The van der Waals surface area contributed by atoms with Gasteiger partial charge in [0.25, 0.3) is 0 Å². The van der Waals surface area contributed by atoms with Crippen molar-refractivity contribution in [2.45, 2.75) is 0 Å². The first-order chi connectivity index (χ1) is 9.38. The number of benzene rings is 1. The number of aromatic nitrogens is 3. The van der Waals surface area contributed by atoms with E-state index in [4.69, 9.17) is 4.74 Å². The molecule has 94 valence electrons. The van der Waals surface area contributed by atoms with Crippen molar-refractivity contribution in [3.63, 3.8) is 0 Å². The Morgan fingerprint density at radius 2 is 1.68 bits per heavy atom. The zero-order valence-corrected chi connectivity index (χ0v) is 10.5. The predicted molar refractivity (Wildman–Crippen MR) is 73.8 cm³/mol. The normalized spacial score (nSPS) is 10.4. The van der Waals surface area contributed by atoms with E-state index in [0.717, 1.165) is 28.1 Å². The van der Waals surface area contributed by atoms with E-state index in [1.807, 2.05) is 42.6 Å². The first kappa shape index (κ1) is 11.5. The lowest BCUT2D eigenvalue weighted by molar-refractivity contribution is 0.415. The van der Waals surface area contributed by atoms with E-state index in [-0.39, 0.29) is 0 Å². The Morgan fingerprint density at radius 3 is 2.37 bits per heavy atom. The van der Waals surface area contributed by atoms with E-state index in [1.165, 1.54) is 0 Å². The maximum absolute atomic E-state index is 5.17. The average Bonchev–Trinajstić information content (AvgIpc) is 2.98. The fourth-order valence-electron chi connectivity index (χ4n) is 2.01. The number of methoxy groups -OCH3 is 1. The Bertz CT molecular complexity index is 659. The summed E-state index contributed by atoms with van der Waals surface area (Å²) in [5.74, 6) is 0.841. The topological polar surface area (TPSA) is 50.8 Å². The van der Waals surface area contributed by atoms with Crippen molar-refractivity contribution in [3.8, 4) is 28.1 Å². The van der Waals surface area contributed by atoms with Crippen LogP contribution in [0.25, 0.3) is 22.4 Å². The molecule has 1 aromatic carbocycles. The van der Waals surface area contributed by atoms with Gasteiger partial charge in [0.1, 0.15) is 5.75 Å². The molecule has 0 aliphatic rings. The number of H-pyrrole nitrogens is 1. The van der Waals surface area contributed by atoms with E-state index in [9.17, 15) is 0 Å². The van der Waals surface area contributed by atoms with Gasteiger partial charge in [-0.2, -0.15) is 5.10 Å². The van der Waals surface area contributed by atoms with Crippen molar-refractivity contribution in [1.82, 2.24) is 15.2 Å². The summed E-state index contributed by atoms with van der Waals surface area (Å²) < 4.78 is 5.17. The number of rotatable bonds is 3. The van der Waals surface area contributed by atoms with Crippen LogP contribution < -0.4 is 4.74 Å². The van der Waals surface area contributed by atoms with Gasteiger partial charge in [0.2, 0.25) is 0 Å². The van der Waals surface area contributed by atoms with Gasteiger partial charge < -0.3 is 4.74 Å². The fourth-order valence-corrected chi connectivity index (χ4v) is 2.01. The summed E-state index contributed by atoms with van der Waals surface area (Å²) >= 11 is 0. The number of aromatic amines is 1. The second-order valence-electron chi connectivity index (χ2n) is 4.12. The molecule has 0 atom stereocenters. The highest BCUT2D eigenvalue weighted by molar-refractivity contribution is 5.80. The molecule has 0 saturated carbocycles. The largest absolute Gasteiger partial charge is 0.497 e. The van der Waals surface area contributed by atoms with Crippen LogP contribution in [0.3, 0.4) is 0 Å². The van der Waals surface area contributed by atoms with Crippen molar-refractivity contribution in [1.29, 1.82) is 0 Å². The molecule has 0 aliphatic heterocycles. The van der Waals surface area contributed by atoms with E-state index in [2.05, 4.69) is 15.2 Å². The second kappa shape index (κ2) is 4.94. The molecule has 3 rings (SSSR count). The van der Waals surface area contributed by atoms with Gasteiger partial charge >= 0.3 is 0 Å². The van der Waals surface area contributed by atoms with Crippen LogP contribution in [0.5, 0.6) is 5.75 Å². The Kier molecular flexibility index (Phi) is 2.98. The molecule has 2 aromatic heterocycles. The van der Waals surface area contributed by atoms with Gasteiger partial charge in [-0.15, -0.1) is 0 Å². The molecule has 4 heteroatoms. The number of pyridine rings is 1. The van der Waals surface area contributed by atoms with E-state index < -0.39 is 0 Å². The maximum atomic E-state index is 5.17. The van der Waals surface area contributed by atoms with Crippen LogP contribution in [0.1, 0.15) is 0 Å². The Balaban J connectivity index is 2.04. The molecule has 0 radical (unpaired) electrons. The first-order valence-corrected chi connectivity index (χ1v) is 5.96. The number of hydrogen-bond donors (Lipinski definition) is 1. The van der Waals surface area contributed by atoms with Crippen molar-refractivity contribution in [2.24, 2.45) is 0 Å². The molecule has 2 heterocycles. The molecular formula is C15H13N3O. The monoisotopic (exact) mass is 251 g/mol. The zero-order chi connectivity index (χ0) is 13.1. The van der Waals surface area contributed by atoms with Gasteiger partial charge in [0.15, 0.2) is 0 Å². The Morgan fingerprint density at radius 1 is 0.947 bits per heavy atom.